The summed E-state index contributed by atoms with van der Waals surface area (Å²) in [6.07, 6.45) is -0.426. The topological polar surface area (TPSA) is 35.6 Å². The summed E-state index contributed by atoms with van der Waals surface area (Å²) in [7, 11) is 0. The number of halogens is 3. The normalized spacial score (nSPS) is 15.5. The largest absolute Gasteiger partial charge is 0.416 e. The van der Waals surface area contributed by atoms with Crippen molar-refractivity contribution in [3.05, 3.63) is 65.7 Å². The fourth-order valence-electron chi connectivity index (χ4n) is 3.74. The molecule has 1 fully saturated rings. The molecule has 4 nitrogen and oxygen atoms in total. The van der Waals surface area contributed by atoms with Crippen LogP contribution in [0.5, 0.6) is 0 Å². The number of carbonyl (C=O) groups is 1. The first-order valence-electron chi connectivity index (χ1n) is 11.0. The Bertz CT molecular complexity index is 855. The van der Waals surface area contributed by atoms with Crippen LogP contribution in [-0.4, -0.2) is 40.1 Å². The summed E-state index contributed by atoms with van der Waals surface area (Å²) >= 11 is 1.86. The monoisotopic (exact) mass is 465 g/mol. The molecule has 0 spiro atoms. The van der Waals surface area contributed by atoms with Gasteiger partial charge in [0.2, 0.25) is 0 Å². The summed E-state index contributed by atoms with van der Waals surface area (Å²) in [5, 5.41) is 2.69. The smallest absolute Gasteiger partial charge is 0.317 e. The van der Waals surface area contributed by atoms with Crippen LogP contribution in [0.4, 0.5) is 23.7 Å². The van der Waals surface area contributed by atoms with Gasteiger partial charge in [-0.05, 0) is 43.0 Å². The minimum Gasteiger partial charge on any atom is -0.317 e. The van der Waals surface area contributed by atoms with Crippen LogP contribution in [-0.2, 0) is 12.7 Å². The number of anilines is 1. The molecule has 1 aliphatic rings. The number of piperidine rings is 1. The van der Waals surface area contributed by atoms with Crippen LogP contribution in [0, 0.1) is 0 Å². The Hall–Kier alpha value is -2.19. The summed E-state index contributed by atoms with van der Waals surface area (Å²) in [4.78, 5) is 15.0. The third-order valence-electron chi connectivity index (χ3n) is 5.53. The molecule has 3 rings (SSSR count). The first-order valence-corrected chi connectivity index (χ1v) is 12.0. The van der Waals surface area contributed by atoms with Gasteiger partial charge in [-0.15, -0.1) is 0 Å². The molecule has 0 atom stereocenters. The van der Waals surface area contributed by atoms with E-state index in [4.69, 9.17) is 0 Å². The maximum absolute atomic E-state index is 13.2. The van der Waals surface area contributed by atoms with Crippen molar-refractivity contribution >= 4 is 23.7 Å². The van der Waals surface area contributed by atoms with Gasteiger partial charge in [-0.25, -0.2) is 4.79 Å². The molecule has 0 unspecified atom stereocenters. The van der Waals surface area contributed by atoms with E-state index in [2.05, 4.69) is 16.5 Å². The number of nitrogens with zero attached hydrogens (tertiary/aromatic N) is 2. The summed E-state index contributed by atoms with van der Waals surface area (Å²) in [5.41, 5.74) is 0.365. The van der Waals surface area contributed by atoms with E-state index in [1.807, 2.05) is 42.3 Å². The Morgan fingerprint density at radius 1 is 1.12 bits per heavy atom. The Morgan fingerprint density at radius 2 is 1.84 bits per heavy atom. The molecule has 174 valence electrons. The predicted molar refractivity (Wildman–Crippen MR) is 124 cm³/mol. The Kier molecular flexibility index (Phi) is 8.87. The van der Waals surface area contributed by atoms with Crippen LogP contribution in [0.1, 0.15) is 43.7 Å². The van der Waals surface area contributed by atoms with Crippen molar-refractivity contribution in [2.45, 2.75) is 51.4 Å². The molecule has 0 aromatic heterocycles. The zero-order valence-corrected chi connectivity index (χ0v) is 19.1. The van der Waals surface area contributed by atoms with Gasteiger partial charge in [-0.1, -0.05) is 61.7 Å². The van der Waals surface area contributed by atoms with Crippen LogP contribution < -0.4 is 5.32 Å². The molecule has 0 bridgehead atoms. The van der Waals surface area contributed by atoms with E-state index in [0.717, 1.165) is 49.4 Å². The van der Waals surface area contributed by atoms with Gasteiger partial charge in [-0.2, -0.15) is 13.2 Å². The number of unbranched alkanes of at least 4 members (excludes halogenated alkanes) is 1. The van der Waals surface area contributed by atoms with Crippen LogP contribution in [0.2, 0.25) is 0 Å². The molecule has 2 aromatic carbocycles. The van der Waals surface area contributed by atoms with Crippen LogP contribution in [0.3, 0.4) is 0 Å². The second-order valence-corrected chi connectivity index (χ2v) is 9.15. The van der Waals surface area contributed by atoms with Gasteiger partial charge < -0.3 is 10.2 Å². The third-order valence-corrected chi connectivity index (χ3v) is 6.74. The van der Waals surface area contributed by atoms with Crippen molar-refractivity contribution in [2.24, 2.45) is 0 Å². The van der Waals surface area contributed by atoms with E-state index in [-0.39, 0.29) is 17.8 Å². The van der Waals surface area contributed by atoms with E-state index in [9.17, 15) is 18.0 Å². The Morgan fingerprint density at radius 3 is 2.50 bits per heavy atom. The molecule has 2 aromatic rings. The lowest BCUT2D eigenvalue weighted by Gasteiger charge is -2.38. The maximum atomic E-state index is 13.2. The maximum Gasteiger partial charge on any atom is 0.416 e. The summed E-state index contributed by atoms with van der Waals surface area (Å²) < 4.78 is 41.5. The number of hydrogen-bond acceptors (Lipinski definition) is 3. The molecule has 1 heterocycles. The molecule has 1 aliphatic heterocycles. The van der Waals surface area contributed by atoms with E-state index < -0.39 is 11.7 Å². The number of benzene rings is 2. The highest BCUT2D eigenvalue weighted by atomic mass is 32.2. The summed E-state index contributed by atoms with van der Waals surface area (Å²) in [6, 6.07) is 14.1. The third kappa shape index (κ3) is 7.17. The van der Waals surface area contributed by atoms with Gasteiger partial charge in [0.15, 0.2) is 0 Å². The zero-order chi connectivity index (χ0) is 23.0. The van der Waals surface area contributed by atoms with E-state index in [0.29, 0.717) is 6.54 Å². The van der Waals surface area contributed by atoms with Crippen molar-refractivity contribution in [3.63, 3.8) is 0 Å². The standard InChI is InChI=1S/C24H30F3N3OS/c1-2-3-16-32-29-14-12-22(13-15-29)30(18-19-8-5-4-6-9-19)23(31)28-21-11-7-10-20(17-21)24(25,26)27/h4-11,17,22H,2-3,12-16,18H2,1H3,(H,28,31). The Balaban J connectivity index is 1.70. The van der Waals surface area contributed by atoms with E-state index in [1.54, 1.807) is 4.90 Å². The van der Waals surface area contributed by atoms with Gasteiger partial charge in [0.1, 0.15) is 0 Å². The number of carbonyl (C=O) groups excluding carboxylic acids is 1. The fourth-order valence-corrected chi connectivity index (χ4v) is 4.88. The SMILES string of the molecule is CCCCSN1CCC(N(Cc2ccccc2)C(=O)Nc2cccc(C(F)(F)F)c2)CC1. The molecule has 1 saturated heterocycles. The number of amides is 2. The molecular weight excluding hydrogens is 435 g/mol. The molecule has 0 radical (unpaired) electrons. The average molecular weight is 466 g/mol. The summed E-state index contributed by atoms with van der Waals surface area (Å²) in [5.74, 6) is 1.10. The van der Waals surface area contributed by atoms with Crippen molar-refractivity contribution < 1.29 is 18.0 Å². The van der Waals surface area contributed by atoms with E-state index in [1.165, 1.54) is 25.0 Å². The minimum atomic E-state index is -4.45. The van der Waals surface area contributed by atoms with Crippen LogP contribution in [0.25, 0.3) is 0 Å². The molecule has 2 amide bonds. The molecule has 0 saturated carbocycles. The van der Waals surface area contributed by atoms with Crippen molar-refractivity contribution in [3.8, 4) is 0 Å². The number of hydrogen-bond donors (Lipinski definition) is 1. The van der Waals surface area contributed by atoms with Crippen LogP contribution in [0.15, 0.2) is 54.6 Å². The van der Waals surface area contributed by atoms with Crippen molar-refractivity contribution in [1.29, 1.82) is 0 Å². The molecule has 32 heavy (non-hydrogen) atoms. The van der Waals surface area contributed by atoms with Gasteiger partial charge in [0.05, 0.1) is 5.56 Å². The second kappa shape index (κ2) is 11.6. The van der Waals surface area contributed by atoms with Crippen molar-refractivity contribution in [1.82, 2.24) is 9.21 Å². The molecule has 1 N–H and O–H groups in total. The van der Waals surface area contributed by atoms with Gasteiger partial charge in [0.25, 0.3) is 0 Å². The van der Waals surface area contributed by atoms with Gasteiger partial charge in [-0.3, -0.25) is 4.31 Å². The number of nitrogens with one attached hydrogen (secondary N) is 1. The lowest BCUT2D eigenvalue weighted by Crippen LogP contribution is -2.47. The quantitative estimate of drug-likeness (QED) is 0.350. The highest BCUT2D eigenvalue weighted by Gasteiger charge is 2.31. The Labute approximate surface area is 192 Å². The first kappa shape index (κ1) is 24.5. The number of rotatable bonds is 8. The average Bonchev–Trinajstić information content (AvgIpc) is 2.78. The number of urea groups is 1. The second-order valence-electron chi connectivity index (χ2n) is 7.97. The predicted octanol–water partition coefficient (Wildman–Crippen LogP) is 6.65. The lowest BCUT2D eigenvalue weighted by atomic mass is 10.0. The highest BCUT2D eigenvalue weighted by Crippen LogP contribution is 2.31. The number of alkyl halides is 3. The van der Waals surface area contributed by atoms with E-state index >= 15 is 0 Å². The van der Waals surface area contributed by atoms with Crippen molar-refractivity contribution in [2.75, 3.05) is 24.2 Å². The fraction of sp³-hybridized carbons (Fsp3) is 0.458. The van der Waals surface area contributed by atoms with Gasteiger partial charge in [0, 0.05) is 37.1 Å². The molecular formula is C24H30F3N3OS. The molecule has 8 heteroatoms. The summed E-state index contributed by atoms with van der Waals surface area (Å²) in [6.45, 7) is 4.37. The molecule has 0 aliphatic carbocycles. The highest BCUT2D eigenvalue weighted by molar-refractivity contribution is 7.97. The lowest BCUT2D eigenvalue weighted by molar-refractivity contribution is -0.137. The van der Waals surface area contributed by atoms with Gasteiger partial charge >= 0.3 is 12.2 Å². The first-order chi connectivity index (χ1) is 15.4. The zero-order valence-electron chi connectivity index (χ0n) is 18.3. The minimum absolute atomic E-state index is 0.0315. The van der Waals surface area contributed by atoms with Crippen LogP contribution >= 0.6 is 11.9 Å².